The van der Waals surface area contributed by atoms with Crippen LogP contribution in [0.4, 0.5) is 0 Å². The van der Waals surface area contributed by atoms with Gasteiger partial charge in [0.15, 0.2) is 0 Å². The van der Waals surface area contributed by atoms with E-state index in [1.165, 1.54) is 22.2 Å². The summed E-state index contributed by atoms with van der Waals surface area (Å²) in [4.78, 5) is 31.4. The Labute approximate surface area is 182 Å². The summed E-state index contributed by atoms with van der Waals surface area (Å²) in [5.41, 5.74) is 2.56. The van der Waals surface area contributed by atoms with Crippen molar-refractivity contribution in [3.63, 3.8) is 0 Å². The monoisotopic (exact) mass is 438 g/mol. The van der Waals surface area contributed by atoms with Crippen LogP contribution in [0.5, 0.6) is 0 Å². The van der Waals surface area contributed by atoms with Gasteiger partial charge in [-0.2, -0.15) is 0 Å². The fraction of sp³-hybridized carbons (Fsp3) is 0.174. The first kappa shape index (κ1) is 20.3. The van der Waals surface area contributed by atoms with Crippen molar-refractivity contribution in [1.29, 1.82) is 0 Å². The maximum atomic E-state index is 13.1. The molecule has 0 aliphatic heterocycles. The number of nitrogens with zero attached hydrogens (tertiary/aromatic N) is 2. The first-order chi connectivity index (χ1) is 14.5. The maximum Gasteiger partial charge on any atom is 0.326 e. The van der Waals surface area contributed by atoms with Crippen molar-refractivity contribution in [3.8, 4) is 11.1 Å². The summed E-state index contributed by atoms with van der Waals surface area (Å²) in [7, 11) is 0. The lowest BCUT2D eigenvalue weighted by Crippen LogP contribution is -2.26. The summed E-state index contributed by atoms with van der Waals surface area (Å²) >= 11 is 7.46. The quantitative estimate of drug-likeness (QED) is 0.403. The third-order valence-electron chi connectivity index (χ3n) is 4.78. The molecule has 2 aromatic carbocycles. The van der Waals surface area contributed by atoms with E-state index in [1.54, 1.807) is 12.1 Å². The summed E-state index contributed by atoms with van der Waals surface area (Å²) in [6.07, 6.45) is 2.04. The first-order valence-electron chi connectivity index (χ1n) is 9.47. The highest BCUT2D eigenvalue weighted by atomic mass is 35.5. The van der Waals surface area contributed by atoms with Gasteiger partial charge >= 0.3 is 5.97 Å². The highest BCUT2D eigenvalue weighted by Crippen LogP contribution is 2.35. The number of ether oxygens (including phenoxy) is 1. The SMILES string of the molecule is Cc1sc2ncn(CC(=O)OCCc3ccccc3)c(=O)c2c1-c1ccc(Cl)cc1. The lowest BCUT2D eigenvalue weighted by molar-refractivity contribution is -0.144. The van der Waals surface area contributed by atoms with Crippen LogP contribution in [0.1, 0.15) is 10.4 Å². The Morgan fingerprint density at radius 2 is 1.87 bits per heavy atom. The Bertz CT molecular complexity index is 1250. The molecule has 0 aliphatic carbocycles. The number of carbonyl (C=O) groups excluding carboxylic acids is 1. The molecule has 0 atom stereocenters. The zero-order valence-electron chi connectivity index (χ0n) is 16.3. The number of carbonyl (C=O) groups is 1. The zero-order valence-corrected chi connectivity index (χ0v) is 17.9. The lowest BCUT2D eigenvalue weighted by atomic mass is 10.0. The van der Waals surface area contributed by atoms with Crippen LogP contribution in [-0.4, -0.2) is 22.1 Å². The average Bonchev–Trinajstić information content (AvgIpc) is 3.08. The molecule has 0 N–H and O–H groups in total. The summed E-state index contributed by atoms with van der Waals surface area (Å²) in [6, 6.07) is 17.1. The van der Waals surface area contributed by atoms with Crippen LogP contribution in [-0.2, 0) is 22.5 Å². The van der Waals surface area contributed by atoms with E-state index in [2.05, 4.69) is 4.98 Å². The molecule has 4 aromatic rings. The van der Waals surface area contributed by atoms with Gasteiger partial charge in [-0.15, -0.1) is 11.3 Å². The topological polar surface area (TPSA) is 61.2 Å². The van der Waals surface area contributed by atoms with E-state index >= 15 is 0 Å². The second-order valence-corrected chi connectivity index (χ2v) is 8.49. The number of aromatic nitrogens is 2. The van der Waals surface area contributed by atoms with Crippen LogP contribution in [0.3, 0.4) is 0 Å². The molecule has 0 spiro atoms. The molecule has 7 heteroatoms. The van der Waals surface area contributed by atoms with Gasteiger partial charge in [0.05, 0.1) is 18.3 Å². The van der Waals surface area contributed by atoms with Gasteiger partial charge in [0.2, 0.25) is 0 Å². The Hall–Kier alpha value is -2.96. The highest BCUT2D eigenvalue weighted by molar-refractivity contribution is 7.19. The number of hydrogen-bond donors (Lipinski definition) is 0. The molecule has 2 aromatic heterocycles. The van der Waals surface area contributed by atoms with Gasteiger partial charge in [-0.05, 0) is 30.2 Å². The van der Waals surface area contributed by atoms with Crippen LogP contribution in [0.15, 0.2) is 65.7 Å². The minimum absolute atomic E-state index is 0.175. The Balaban J connectivity index is 1.55. The minimum Gasteiger partial charge on any atom is -0.464 e. The van der Waals surface area contributed by atoms with E-state index in [-0.39, 0.29) is 18.7 Å². The number of benzene rings is 2. The number of hydrogen-bond acceptors (Lipinski definition) is 5. The van der Waals surface area contributed by atoms with Gasteiger partial charge in [0.1, 0.15) is 11.4 Å². The number of esters is 1. The molecule has 30 heavy (non-hydrogen) atoms. The molecular formula is C23H19ClN2O3S. The van der Waals surface area contributed by atoms with Crippen molar-refractivity contribution in [2.24, 2.45) is 0 Å². The van der Waals surface area contributed by atoms with Crippen molar-refractivity contribution in [2.45, 2.75) is 19.9 Å². The molecule has 2 heterocycles. The predicted octanol–water partition coefficient (Wildman–Crippen LogP) is 4.87. The highest BCUT2D eigenvalue weighted by Gasteiger charge is 2.18. The van der Waals surface area contributed by atoms with Crippen molar-refractivity contribution >= 4 is 39.1 Å². The number of thiophene rings is 1. The normalized spacial score (nSPS) is 11.0. The van der Waals surface area contributed by atoms with Crippen LogP contribution in [0.25, 0.3) is 21.3 Å². The molecule has 0 aliphatic rings. The van der Waals surface area contributed by atoms with Crippen LogP contribution in [0, 0.1) is 6.92 Å². The summed E-state index contributed by atoms with van der Waals surface area (Å²) in [6.45, 7) is 2.05. The van der Waals surface area contributed by atoms with E-state index in [1.807, 2.05) is 49.4 Å². The number of aryl methyl sites for hydroxylation is 1. The third kappa shape index (κ3) is 4.30. The second kappa shape index (κ2) is 8.81. The molecule has 0 bridgehead atoms. The van der Waals surface area contributed by atoms with Gasteiger partial charge in [0, 0.05) is 21.9 Å². The lowest BCUT2D eigenvalue weighted by Gasteiger charge is -2.08. The number of fused-ring (bicyclic) bond motifs is 1. The standard InChI is InChI=1S/C23H19ClN2O3S/c1-15-20(17-7-9-18(24)10-8-17)21-22(30-15)25-14-26(23(21)28)13-19(27)29-12-11-16-5-3-2-4-6-16/h2-10,14H,11-13H2,1H3. The van der Waals surface area contributed by atoms with E-state index in [9.17, 15) is 9.59 Å². The Morgan fingerprint density at radius 1 is 1.13 bits per heavy atom. The molecule has 5 nitrogen and oxygen atoms in total. The van der Waals surface area contributed by atoms with Crippen molar-refractivity contribution in [1.82, 2.24) is 9.55 Å². The Morgan fingerprint density at radius 3 is 2.60 bits per heavy atom. The zero-order chi connectivity index (χ0) is 21.1. The van der Waals surface area contributed by atoms with Gasteiger partial charge in [-0.1, -0.05) is 54.1 Å². The maximum absolute atomic E-state index is 13.1. The van der Waals surface area contributed by atoms with E-state index < -0.39 is 5.97 Å². The van der Waals surface area contributed by atoms with Gasteiger partial charge in [0.25, 0.3) is 5.56 Å². The molecular weight excluding hydrogens is 420 g/mol. The molecule has 152 valence electrons. The molecule has 0 saturated heterocycles. The van der Waals surface area contributed by atoms with E-state index in [4.69, 9.17) is 16.3 Å². The van der Waals surface area contributed by atoms with Crippen LogP contribution < -0.4 is 5.56 Å². The predicted molar refractivity (Wildman–Crippen MR) is 120 cm³/mol. The molecule has 0 fully saturated rings. The summed E-state index contributed by atoms with van der Waals surface area (Å²) in [5, 5.41) is 1.14. The summed E-state index contributed by atoms with van der Waals surface area (Å²) in [5.74, 6) is -0.464. The third-order valence-corrected chi connectivity index (χ3v) is 6.05. The van der Waals surface area contributed by atoms with Gasteiger partial charge < -0.3 is 4.74 Å². The second-order valence-electron chi connectivity index (χ2n) is 6.85. The average molecular weight is 439 g/mol. The molecule has 0 unspecified atom stereocenters. The van der Waals surface area contributed by atoms with Crippen LogP contribution >= 0.6 is 22.9 Å². The molecule has 0 amide bonds. The number of rotatable bonds is 6. The van der Waals surface area contributed by atoms with Crippen molar-refractivity contribution in [2.75, 3.05) is 6.61 Å². The molecule has 4 rings (SSSR count). The molecule has 0 saturated carbocycles. The van der Waals surface area contributed by atoms with Crippen LogP contribution in [0.2, 0.25) is 5.02 Å². The minimum atomic E-state index is -0.464. The Kier molecular flexibility index (Phi) is 5.97. The van der Waals surface area contributed by atoms with E-state index in [0.29, 0.717) is 21.7 Å². The fourth-order valence-electron chi connectivity index (χ4n) is 3.33. The van der Waals surface area contributed by atoms with E-state index in [0.717, 1.165) is 21.6 Å². The van der Waals surface area contributed by atoms with Crippen molar-refractivity contribution < 1.29 is 9.53 Å². The van der Waals surface area contributed by atoms with Gasteiger partial charge in [-0.25, -0.2) is 4.98 Å². The molecule has 0 radical (unpaired) electrons. The largest absolute Gasteiger partial charge is 0.464 e. The first-order valence-corrected chi connectivity index (χ1v) is 10.7. The smallest absolute Gasteiger partial charge is 0.326 e. The van der Waals surface area contributed by atoms with Crippen molar-refractivity contribution in [3.05, 3.63) is 86.7 Å². The van der Waals surface area contributed by atoms with Gasteiger partial charge in [-0.3, -0.25) is 14.2 Å². The summed E-state index contributed by atoms with van der Waals surface area (Å²) < 4.78 is 6.62. The number of halogens is 1. The fourth-order valence-corrected chi connectivity index (χ4v) is 4.46.